The SMILES string of the molecule is COc1ccc(O)c(-c2ccc(F)c3cccnc23)c1. The van der Waals surface area contributed by atoms with Crippen molar-refractivity contribution in [1.29, 1.82) is 0 Å². The molecule has 100 valence electrons. The summed E-state index contributed by atoms with van der Waals surface area (Å²) in [7, 11) is 1.55. The minimum atomic E-state index is -0.334. The predicted molar refractivity (Wildman–Crippen MR) is 75.4 cm³/mol. The molecule has 0 atom stereocenters. The van der Waals surface area contributed by atoms with E-state index < -0.39 is 0 Å². The van der Waals surface area contributed by atoms with Crippen LogP contribution in [-0.4, -0.2) is 17.2 Å². The maximum Gasteiger partial charge on any atom is 0.132 e. The van der Waals surface area contributed by atoms with Crippen LogP contribution in [0.5, 0.6) is 11.5 Å². The number of hydrogen-bond acceptors (Lipinski definition) is 3. The van der Waals surface area contributed by atoms with Crippen LogP contribution in [0.4, 0.5) is 4.39 Å². The highest BCUT2D eigenvalue weighted by molar-refractivity contribution is 5.95. The third kappa shape index (κ3) is 1.95. The van der Waals surface area contributed by atoms with E-state index in [1.807, 2.05) is 0 Å². The average molecular weight is 269 g/mol. The summed E-state index contributed by atoms with van der Waals surface area (Å²) in [4.78, 5) is 4.22. The first-order valence-corrected chi connectivity index (χ1v) is 6.11. The van der Waals surface area contributed by atoms with Gasteiger partial charge in [-0.15, -0.1) is 0 Å². The number of pyridine rings is 1. The molecule has 0 aliphatic carbocycles. The van der Waals surface area contributed by atoms with E-state index in [0.29, 0.717) is 27.8 Å². The van der Waals surface area contributed by atoms with Crippen LogP contribution in [-0.2, 0) is 0 Å². The molecule has 0 unspecified atom stereocenters. The van der Waals surface area contributed by atoms with Crippen molar-refractivity contribution < 1.29 is 14.2 Å². The topological polar surface area (TPSA) is 42.4 Å². The Hall–Kier alpha value is -2.62. The van der Waals surface area contributed by atoms with Gasteiger partial charge in [0.1, 0.15) is 17.3 Å². The molecule has 1 aromatic heterocycles. The summed E-state index contributed by atoms with van der Waals surface area (Å²) < 4.78 is 19.0. The molecule has 3 nitrogen and oxygen atoms in total. The van der Waals surface area contributed by atoms with Gasteiger partial charge in [-0.25, -0.2) is 4.39 Å². The zero-order chi connectivity index (χ0) is 14.1. The van der Waals surface area contributed by atoms with Gasteiger partial charge in [-0.1, -0.05) is 0 Å². The second-order valence-electron chi connectivity index (χ2n) is 4.38. The normalized spacial score (nSPS) is 10.7. The van der Waals surface area contributed by atoms with Crippen LogP contribution in [0.2, 0.25) is 0 Å². The summed E-state index contributed by atoms with van der Waals surface area (Å²) in [6, 6.07) is 11.2. The van der Waals surface area contributed by atoms with E-state index in [9.17, 15) is 9.50 Å². The van der Waals surface area contributed by atoms with E-state index in [1.54, 1.807) is 49.7 Å². The molecule has 0 amide bonds. The number of fused-ring (bicyclic) bond motifs is 1. The first kappa shape index (κ1) is 12.4. The molecule has 20 heavy (non-hydrogen) atoms. The molecule has 0 aliphatic rings. The second-order valence-corrected chi connectivity index (χ2v) is 4.38. The Kier molecular flexibility index (Phi) is 2.99. The molecule has 1 heterocycles. The Morgan fingerprint density at radius 2 is 1.95 bits per heavy atom. The van der Waals surface area contributed by atoms with Gasteiger partial charge in [-0.05, 0) is 42.5 Å². The average Bonchev–Trinajstić information content (AvgIpc) is 2.49. The Morgan fingerprint density at radius 1 is 1.10 bits per heavy atom. The van der Waals surface area contributed by atoms with Crippen molar-refractivity contribution in [3.63, 3.8) is 0 Å². The summed E-state index contributed by atoms with van der Waals surface area (Å²) in [6.45, 7) is 0. The lowest BCUT2D eigenvalue weighted by molar-refractivity contribution is 0.412. The van der Waals surface area contributed by atoms with Crippen LogP contribution < -0.4 is 4.74 Å². The van der Waals surface area contributed by atoms with E-state index in [4.69, 9.17) is 4.74 Å². The van der Waals surface area contributed by atoms with E-state index in [1.165, 1.54) is 6.07 Å². The van der Waals surface area contributed by atoms with E-state index in [2.05, 4.69) is 4.98 Å². The molecule has 0 bridgehead atoms. The Bertz CT molecular complexity index is 787. The summed E-state index contributed by atoms with van der Waals surface area (Å²) in [5, 5.41) is 10.5. The zero-order valence-electron chi connectivity index (χ0n) is 10.8. The molecule has 0 aliphatic heterocycles. The number of phenols is 1. The molecular weight excluding hydrogens is 257 g/mol. The lowest BCUT2D eigenvalue weighted by Gasteiger charge is -2.10. The van der Waals surface area contributed by atoms with Crippen molar-refractivity contribution in [1.82, 2.24) is 4.98 Å². The number of halogens is 1. The first-order valence-electron chi connectivity index (χ1n) is 6.11. The number of methoxy groups -OCH3 is 1. The van der Waals surface area contributed by atoms with Crippen LogP contribution in [0.25, 0.3) is 22.0 Å². The summed E-state index contributed by atoms with van der Waals surface area (Å²) >= 11 is 0. The molecule has 3 aromatic rings. The summed E-state index contributed by atoms with van der Waals surface area (Å²) in [6.07, 6.45) is 1.60. The third-order valence-electron chi connectivity index (χ3n) is 3.21. The molecule has 4 heteroatoms. The molecule has 0 saturated heterocycles. The molecule has 3 rings (SSSR count). The zero-order valence-corrected chi connectivity index (χ0v) is 10.8. The minimum Gasteiger partial charge on any atom is -0.507 e. The van der Waals surface area contributed by atoms with Crippen LogP contribution in [0.3, 0.4) is 0 Å². The fraction of sp³-hybridized carbons (Fsp3) is 0.0625. The standard InChI is InChI=1S/C16H12FNO2/c1-20-10-4-7-15(19)13(9-10)11-5-6-14(17)12-3-2-8-18-16(11)12/h2-9,19H,1H3. The van der Waals surface area contributed by atoms with Crippen molar-refractivity contribution in [3.8, 4) is 22.6 Å². The lowest BCUT2D eigenvalue weighted by Crippen LogP contribution is -1.90. The van der Waals surface area contributed by atoms with Crippen LogP contribution in [0, 0.1) is 5.82 Å². The number of hydrogen-bond donors (Lipinski definition) is 1. The summed E-state index contributed by atoms with van der Waals surface area (Å²) in [5.74, 6) is 0.384. The number of nitrogens with zero attached hydrogens (tertiary/aromatic N) is 1. The van der Waals surface area contributed by atoms with Crippen LogP contribution in [0.1, 0.15) is 0 Å². The highest BCUT2D eigenvalue weighted by Crippen LogP contribution is 2.36. The fourth-order valence-corrected chi connectivity index (χ4v) is 2.21. The Morgan fingerprint density at radius 3 is 2.75 bits per heavy atom. The maximum absolute atomic E-state index is 13.8. The van der Waals surface area contributed by atoms with Crippen molar-refractivity contribution in [3.05, 3.63) is 54.5 Å². The van der Waals surface area contributed by atoms with Gasteiger partial charge < -0.3 is 9.84 Å². The second kappa shape index (κ2) is 4.81. The number of aromatic nitrogens is 1. The fourth-order valence-electron chi connectivity index (χ4n) is 2.21. The van der Waals surface area contributed by atoms with Crippen molar-refractivity contribution >= 4 is 10.9 Å². The highest BCUT2D eigenvalue weighted by Gasteiger charge is 2.12. The molecule has 0 radical (unpaired) electrons. The largest absolute Gasteiger partial charge is 0.507 e. The number of aromatic hydroxyl groups is 1. The third-order valence-corrected chi connectivity index (χ3v) is 3.21. The quantitative estimate of drug-likeness (QED) is 0.770. The van der Waals surface area contributed by atoms with Crippen molar-refractivity contribution in [2.45, 2.75) is 0 Å². The van der Waals surface area contributed by atoms with Crippen molar-refractivity contribution in [2.75, 3.05) is 7.11 Å². The molecule has 0 spiro atoms. The van der Waals surface area contributed by atoms with Crippen LogP contribution >= 0.6 is 0 Å². The van der Waals surface area contributed by atoms with Gasteiger partial charge in [-0.2, -0.15) is 0 Å². The van der Waals surface area contributed by atoms with Gasteiger partial charge in [0, 0.05) is 22.7 Å². The molecule has 1 N–H and O–H groups in total. The number of benzene rings is 2. The van der Waals surface area contributed by atoms with Crippen molar-refractivity contribution in [2.24, 2.45) is 0 Å². The number of rotatable bonds is 2. The smallest absolute Gasteiger partial charge is 0.132 e. The monoisotopic (exact) mass is 269 g/mol. The van der Waals surface area contributed by atoms with Gasteiger partial charge in [-0.3, -0.25) is 4.98 Å². The maximum atomic E-state index is 13.8. The van der Waals surface area contributed by atoms with Gasteiger partial charge in [0.25, 0.3) is 0 Å². The molecular formula is C16H12FNO2. The first-order chi connectivity index (χ1) is 9.70. The molecule has 0 saturated carbocycles. The van der Waals surface area contributed by atoms with E-state index >= 15 is 0 Å². The van der Waals surface area contributed by atoms with Gasteiger partial charge in [0.15, 0.2) is 0 Å². The number of ether oxygens (including phenoxy) is 1. The summed E-state index contributed by atoms with van der Waals surface area (Å²) in [5.41, 5.74) is 1.74. The number of phenolic OH excluding ortho intramolecular Hbond substituents is 1. The van der Waals surface area contributed by atoms with Gasteiger partial charge in [0.2, 0.25) is 0 Å². The predicted octanol–water partition coefficient (Wildman–Crippen LogP) is 3.76. The Balaban J connectivity index is 2.33. The van der Waals surface area contributed by atoms with E-state index in [0.717, 1.165) is 0 Å². The van der Waals surface area contributed by atoms with Crippen LogP contribution in [0.15, 0.2) is 48.7 Å². The van der Waals surface area contributed by atoms with Gasteiger partial charge in [0.05, 0.1) is 12.6 Å². The lowest BCUT2D eigenvalue weighted by atomic mass is 10.0. The molecule has 0 fully saturated rings. The minimum absolute atomic E-state index is 0.101. The highest BCUT2D eigenvalue weighted by atomic mass is 19.1. The molecule has 2 aromatic carbocycles. The Labute approximate surface area is 115 Å². The van der Waals surface area contributed by atoms with E-state index in [-0.39, 0.29) is 11.6 Å². The van der Waals surface area contributed by atoms with Gasteiger partial charge >= 0.3 is 0 Å².